The standard InChI is InChI=1S/C11H15S/c1-2-3-10-4-6-11(7-5-10)8-9-12/h4-7H,2-3,8-9H2,1H3. The van der Waals surface area contributed by atoms with Crippen LogP contribution < -0.4 is 0 Å². The van der Waals surface area contributed by atoms with Crippen molar-refractivity contribution in [2.24, 2.45) is 0 Å². The molecular weight excluding hydrogens is 164 g/mol. The van der Waals surface area contributed by atoms with Gasteiger partial charge in [0, 0.05) is 5.75 Å². The predicted molar refractivity (Wildman–Crippen MR) is 56.6 cm³/mol. The van der Waals surface area contributed by atoms with Gasteiger partial charge in [0.05, 0.1) is 0 Å². The first-order valence-electron chi connectivity index (χ1n) is 4.52. The fourth-order valence-corrected chi connectivity index (χ4v) is 1.51. The molecule has 0 nitrogen and oxygen atoms in total. The number of aryl methyl sites for hydroxylation is 2. The molecule has 0 atom stereocenters. The summed E-state index contributed by atoms with van der Waals surface area (Å²) in [7, 11) is 0. The molecule has 0 aliphatic rings. The molecule has 0 aliphatic carbocycles. The molecule has 0 aromatic heterocycles. The summed E-state index contributed by atoms with van der Waals surface area (Å²) < 4.78 is 0. The van der Waals surface area contributed by atoms with Gasteiger partial charge >= 0.3 is 0 Å². The summed E-state index contributed by atoms with van der Waals surface area (Å²) in [5, 5.41) is 0. The molecule has 1 aromatic rings. The Labute approximate surface area is 80.4 Å². The molecule has 0 spiro atoms. The molecule has 65 valence electrons. The van der Waals surface area contributed by atoms with Gasteiger partial charge in [-0.25, -0.2) is 0 Å². The molecule has 0 fully saturated rings. The van der Waals surface area contributed by atoms with E-state index < -0.39 is 0 Å². The van der Waals surface area contributed by atoms with Crippen LogP contribution in [0.15, 0.2) is 24.3 Å². The minimum atomic E-state index is 0.827. The Morgan fingerprint density at radius 3 is 1.92 bits per heavy atom. The molecule has 0 bridgehead atoms. The zero-order valence-electron chi connectivity index (χ0n) is 7.55. The SMILES string of the molecule is CCCc1ccc(CC[S])cc1. The van der Waals surface area contributed by atoms with Gasteiger partial charge in [-0.15, -0.1) is 0 Å². The summed E-state index contributed by atoms with van der Waals surface area (Å²) >= 11 is 4.92. The molecule has 12 heavy (non-hydrogen) atoms. The van der Waals surface area contributed by atoms with Gasteiger partial charge in [-0.05, 0) is 24.0 Å². The van der Waals surface area contributed by atoms with Crippen molar-refractivity contribution in [3.63, 3.8) is 0 Å². The van der Waals surface area contributed by atoms with E-state index in [0.717, 1.165) is 12.2 Å². The van der Waals surface area contributed by atoms with Crippen LogP contribution in [0.2, 0.25) is 0 Å². The van der Waals surface area contributed by atoms with E-state index in [0.29, 0.717) is 0 Å². The van der Waals surface area contributed by atoms with Gasteiger partial charge in [-0.1, -0.05) is 50.2 Å². The zero-order valence-corrected chi connectivity index (χ0v) is 8.36. The predicted octanol–water partition coefficient (Wildman–Crippen LogP) is 3.38. The average Bonchev–Trinajstić information content (AvgIpc) is 2.09. The second-order valence-corrected chi connectivity index (χ2v) is 3.43. The van der Waals surface area contributed by atoms with E-state index in [1.54, 1.807) is 0 Å². The van der Waals surface area contributed by atoms with E-state index in [2.05, 4.69) is 31.2 Å². The van der Waals surface area contributed by atoms with Crippen molar-refractivity contribution in [3.05, 3.63) is 35.4 Å². The zero-order chi connectivity index (χ0) is 8.81. The second-order valence-electron chi connectivity index (χ2n) is 3.02. The van der Waals surface area contributed by atoms with Crippen molar-refractivity contribution < 1.29 is 0 Å². The summed E-state index contributed by atoms with van der Waals surface area (Å²) in [4.78, 5) is 0. The monoisotopic (exact) mass is 179 g/mol. The summed E-state index contributed by atoms with van der Waals surface area (Å²) in [6.07, 6.45) is 3.44. The highest BCUT2D eigenvalue weighted by Crippen LogP contribution is 2.07. The summed E-state index contributed by atoms with van der Waals surface area (Å²) in [6, 6.07) is 8.81. The number of rotatable bonds is 4. The van der Waals surface area contributed by atoms with Crippen LogP contribution in [-0.4, -0.2) is 5.75 Å². The van der Waals surface area contributed by atoms with Crippen molar-refractivity contribution in [1.29, 1.82) is 0 Å². The second kappa shape index (κ2) is 5.26. The van der Waals surface area contributed by atoms with Crippen molar-refractivity contribution in [1.82, 2.24) is 0 Å². The molecule has 1 radical (unpaired) electrons. The lowest BCUT2D eigenvalue weighted by Gasteiger charge is -2.00. The number of hydrogen-bond donors (Lipinski definition) is 0. The third kappa shape index (κ3) is 2.90. The van der Waals surface area contributed by atoms with Crippen LogP contribution >= 0.6 is 12.6 Å². The highest BCUT2D eigenvalue weighted by Gasteiger charge is 1.92. The van der Waals surface area contributed by atoms with Crippen molar-refractivity contribution in [2.45, 2.75) is 26.2 Å². The van der Waals surface area contributed by atoms with Crippen LogP contribution in [0.5, 0.6) is 0 Å². The van der Waals surface area contributed by atoms with Gasteiger partial charge < -0.3 is 0 Å². The third-order valence-corrected chi connectivity index (χ3v) is 2.16. The molecule has 1 heteroatoms. The van der Waals surface area contributed by atoms with Crippen LogP contribution in [0.25, 0.3) is 0 Å². The molecule has 0 saturated heterocycles. The average molecular weight is 179 g/mol. The van der Waals surface area contributed by atoms with Crippen LogP contribution in [-0.2, 0) is 12.8 Å². The summed E-state index contributed by atoms with van der Waals surface area (Å²) in [5.41, 5.74) is 2.80. The lowest BCUT2D eigenvalue weighted by atomic mass is 10.1. The lowest BCUT2D eigenvalue weighted by molar-refractivity contribution is 0.920. The topological polar surface area (TPSA) is 0 Å². The minimum absolute atomic E-state index is 0.827. The fraction of sp³-hybridized carbons (Fsp3) is 0.455. The number of hydrogen-bond acceptors (Lipinski definition) is 0. The highest BCUT2D eigenvalue weighted by molar-refractivity contribution is 7.80. The van der Waals surface area contributed by atoms with Gasteiger partial charge in [0.2, 0.25) is 0 Å². The Morgan fingerprint density at radius 1 is 1.00 bits per heavy atom. The van der Waals surface area contributed by atoms with Crippen LogP contribution in [0, 0.1) is 0 Å². The van der Waals surface area contributed by atoms with Crippen molar-refractivity contribution in [2.75, 3.05) is 5.75 Å². The summed E-state index contributed by atoms with van der Waals surface area (Å²) in [5.74, 6) is 0.827. The minimum Gasteiger partial charge on any atom is -0.0938 e. The Hall–Kier alpha value is -0.430. The Balaban J connectivity index is 2.58. The van der Waals surface area contributed by atoms with Gasteiger partial charge in [-0.2, -0.15) is 0 Å². The molecule has 0 saturated carbocycles. The van der Waals surface area contributed by atoms with Crippen LogP contribution in [0.4, 0.5) is 0 Å². The Bertz CT molecular complexity index is 188. The summed E-state index contributed by atoms with van der Waals surface area (Å²) in [6.45, 7) is 2.21. The Morgan fingerprint density at radius 2 is 1.50 bits per heavy atom. The smallest absolute Gasteiger partial charge is 0.00774 e. The van der Waals surface area contributed by atoms with Gasteiger partial charge in [0.1, 0.15) is 0 Å². The van der Waals surface area contributed by atoms with E-state index in [4.69, 9.17) is 12.6 Å². The quantitative estimate of drug-likeness (QED) is 0.664. The largest absolute Gasteiger partial charge is 0.0938 e. The van der Waals surface area contributed by atoms with E-state index in [9.17, 15) is 0 Å². The molecule has 1 rings (SSSR count). The van der Waals surface area contributed by atoms with Crippen LogP contribution in [0.3, 0.4) is 0 Å². The molecule has 0 N–H and O–H groups in total. The van der Waals surface area contributed by atoms with Crippen LogP contribution in [0.1, 0.15) is 24.5 Å². The third-order valence-electron chi connectivity index (χ3n) is 1.95. The molecule has 0 amide bonds. The van der Waals surface area contributed by atoms with E-state index in [1.165, 1.54) is 24.0 Å². The lowest BCUT2D eigenvalue weighted by Crippen LogP contribution is -1.87. The van der Waals surface area contributed by atoms with Gasteiger partial charge in [0.15, 0.2) is 0 Å². The fourth-order valence-electron chi connectivity index (χ4n) is 1.28. The normalized spacial score (nSPS) is 10.2. The molecule has 0 heterocycles. The van der Waals surface area contributed by atoms with E-state index in [-0.39, 0.29) is 0 Å². The van der Waals surface area contributed by atoms with Gasteiger partial charge in [-0.3, -0.25) is 0 Å². The van der Waals surface area contributed by atoms with E-state index in [1.807, 2.05) is 0 Å². The Kier molecular flexibility index (Phi) is 4.23. The molecule has 0 aliphatic heterocycles. The number of benzene rings is 1. The first kappa shape index (κ1) is 9.66. The molecule has 1 aromatic carbocycles. The molecular formula is C11H15S. The maximum absolute atomic E-state index is 4.92. The van der Waals surface area contributed by atoms with E-state index >= 15 is 0 Å². The first-order valence-corrected chi connectivity index (χ1v) is 5.10. The van der Waals surface area contributed by atoms with Gasteiger partial charge in [0.25, 0.3) is 0 Å². The highest BCUT2D eigenvalue weighted by atomic mass is 32.1. The first-order chi connectivity index (χ1) is 5.86. The van der Waals surface area contributed by atoms with Crippen molar-refractivity contribution in [3.8, 4) is 0 Å². The maximum atomic E-state index is 4.92. The van der Waals surface area contributed by atoms with Crippen molar-refractivity contribution >= 4 is 12.6 Å². The maximum Gasteiger partial charge on any atom is 0.00774 e. The molecule has 0 unspecified atom stereocenters.